The smallest absolute Gasteiger partial charge is 0.0402 e. The molecule has 1 aliphatic heterocycles. The number of hydrogen-bond donors (Lipinski definition) is 1. The van der Waals surface area contributed by atoms with E-state index in [1.165, 1.54) is 30.6 Å². The van der Waals surface area contributed by atoms with Crippen LogP contribution in [-0.2, 0) is 6.42 Å². The van der Waals surface area contributed by atoms with E-state index in [2.05, 4.69) is 59.8 Å². The molecule has 1 aromatic carbocycles. The van der Waals surface area contributed by atoms with Gasteiger partial charge < -0.3 is 10.6 Å². The first-order chi connectivity index (χ1) is 8.99. The van der Waals surface area contributed by atoms with Crippen LogP contribution in [-0.4, -0.2) is 18.6 Å². The summed E-state index contributed by atoms with van der Waals surface area (Å²) in [5.41, 5.74) is 8.74. The Kier molecular flexibility index (Phi) is 4.91. The Bertz CT molecular complexity index is 431. The lowest BCUT2D eigenvalue weighted by Gasteiger charge is -2.40. The third-order valence-corrected chi connectivity index (χ3v) is 4.76. The fraction of sp³-hybridized carbons (Fsp3) is 0.625. The summed E-state index contributed by atoms with van der Waals surface area (Å²) < 4.78 is 1.14. The van der Waals surface area contributed by atoms with E-state index >= 15 is 0 Å². The number of halogens is 1. The van der Waals surface area contributed by atoms with Crippen molar-refractivity contribution in [1.82, 2.24) is 0 Å². The Labute approximate surface area is 125 Å². The largest absolute Gasteiger partial charge is 0.368 e. The molecule has 0 spiro atoms. The Morgan fingerprint density at radius 1 is 1.42 bits per heavy atom. The molecular formula is C16H25BrN2. The molecule has 0 amide bonds. The van der Waals surface area contributed by atoms with Crippen molar-refractivity contribution in [3.05, 3.63) is 28.2 Å². The summed E-state index contributed by atoms with van der Waals surface area (Å²) in [6.07, 6.45) is 3.57. The third-order valence-electron chi connectivity index (χ3n) is 4.27. The SMILES string of the molecule is CC(N)Cc1cc(Br)ccc1N1CCCC(C)C1C. The zero-order chi connectivity index (χ0) is 14.0. The first-order valence-corrected chi connectivity index (χ1v) is 8.09. The highest BCUT2D eigenvalue weighted by atomic mass is 79.9. The van der Waals surface area contributed by atoms with E-state index in [4.69, 9.17) is 5.73 Å². The Hall–Kier alpha value is -0.540. The molecule has 1 saturated heterocycles. The summed E-state index contributed by atoms with van der Waals surface area (Å²) in [5.74, 6) is 0.764. The molecule has 3 atom stereocenters. The normalized spacial score (nSPS) is 25.4. The topological polar surface area (TPSA) is 29.3 Å². The predicted molar refractivity (Wildman–Crippen MR) is 86.7 cm³/mol. The van der Waals surface area contributed by atoms with Crippen molar-refractivity contribution in [3.63, 3.8) is 0 Å². The average Bonchev–Trinajstić information content (AvgIpc) is 2.33. The van der Waals surface area contributed by atoms with Gasteiger partial charge in [-0.05, 0) is 62.8 Å². The maximum atomic E-state index is 6.00. The third kappa shape index (κ3) is 3.51. The van der Waals surface area contributed by atoms with E-state index in [-0.39, 0.29) is 6.04 Å². The van der Waals surface area contributed by atoms with Crippen LogP contribution < -0.4 is 10.6 Å². The molecule has 1 aromatic rings. The number of nitrogens with zero attached hydrogens (tertiary/aromatic N) is 1. The van der Waals surface area contributed by atoms with Crippen LogP contribution in [0, 0.1) is 5.92 Å². The lowest BCUT2D eigenvalue weighted by Crippen LogP contribution is -2.43. The molecule has 2 nitrogen and oxygen atoms in total. The molecular weight excluding hydrogens is 300 g/mol. The minimum absolute atomic E-state index is 0.200. The fourth-order valence-corrected chi connectivity index (χ4v) is 3.43. The van der Waals surface area contributed by atoms with E-state index in [1.807, 2.05) is 0 Å². The highest BCUT2D eigenvalue weighted by Crippen LogP contribution is 2.32. The predicted octanol–water partition coefficient (Wildman–Crippen LogP) is 3.96. The molecule has 1 fully saturated rings. The van der Waals surface area contributed by atoms with Gasteiger partial charge in [0.05, 0.1) is 0 Å². The number of piperidine rings is 1. The maximum absolute atomic E-state index is 6.00. The van der Waals surface area contributed by atoms with Crippen LogP contribution >= 0.6 is 15.9 Å². The van der Waals surface area contributed by atoms with Crippen LogP contribution in [0.15, 0.2) is 22.7 Å². The van der Waals surface area contributed by atoms with Crippen LogP contribution in [0.1, 0.15) is 39.2 Å². The van der Waals surface area contributed by atoms with Gasteiger partial charge in [0.25, 0.3) is 0 Å². The quantitative estimate of drug-likeness (QED) is 0.911. The van der Waals surface area contributed by atoms with Crippen molar-refractivity contribution in [3.8, 4) is 0 Å². The van der Waals surface area contributed by atoms with Gasteiger partial charge in [0.2, 0.25) is 0 Å². The molecule has 0 aliphatic carbocycles. The standard InChI is InChI=1S/C16H25BrN2/c1-11-5-4-8-19(13(11)3)16-7-6-15(17)10-14(16)9-12(2)18/h6-7,10-13H,4-5,8-9,18H2,1-3H3. The maximum Gasteiger partial charge on any atom is 0.0402 e. The van der Waals surface area contributed by atoms with E-state index in [0.717, 1.165) is 16.8 Å². The monoisotopic (exact) mass is 324 g/mol. The van der Waals surface area contributed by atoms with Gasteiger partial charge >= 0.3 is 0 Å². The van der Waals surface area contributed by atoms with Crippen LogP contribution in [0.5, 0.6) is 0 Å². The summed E-state index contributed by atoms with van der Waals surface area (Å²) in [6.45, 7) is 7.95. The van der Waals surface area contributed by atoms with Crippen LogP contribution in [0.25, 0.3) is 0 Å². The van der Waals surface area contributed by atoms with Crippen molar-refractivity contribution in [2.75, 3.05) is 11.4 Å². The molecule has 2 N–H and O–H groups in total. The highest BCUT2D eigenvalue weighted by molar-refractivity contribution is 9.10. The fourth-order valence-electron chi connectivity index (χ4n) is 3.02. The van der Waals surface area contributed by atoms with Gasteiger partial charge in [0.1, 0.15) is 0 Å². The van der Waals surface area contributed by atoms with Crippen molar-refractivity contribution >= 4 is 21.6 Å². The van der Waals surface area contributed by atoms with Crippen LogP contribution in [0.4, 0.5) is 5.69 Å². The summed E-state index contributed by atoms with van der Waals surface area (Å²) in [4.78, 5) is 2.57. The molecule has 0 aromatic heterocycles. The van der Waals surface area contributed by atoms with Crippen molar-refractivity contribution in [2.24, 2.45) is 11.7 Å². The summed E-state index contributed by atoms with van der Waals surface area (Å²) in [5, 5.41) is 0. The molecule has 1 heterocycles. The highest BCUT2D eigenvalue weighted by Gasteiger charge is 2.26. The molecule has 2 rings (SSSR count). The zero-order valence-electron chi connectivity index (χ0n) is 12.2. The first kappa shape index (κ1) is 14.9. The molecule has 0 radical (unpaired) electrons. The number of anilines is 1. The lowest BCUT2D eigenvalue weighted by molar-refractivity contribution is 0.363. The number of nitrogens with two attached hydrogens (primary N) is 1. The van der Waals surface area contributed by atoms with E-state index in [9.17, 15) is 0 Å². The molecule has 1 aliphatic rings. The summed E-state index contributed by atoms with van der Waals surface area (Å²) >= 11 is 3.58. The second-order valence-corrected chi connectivity index (χ2v) is 6.92. The van der Waals surface area contributed by atoms with E-state index < -0.39 is 0 Å². The first-order valence-electron chi connectivity index (χ1n) is 7.29. The van der Waals surface area contributed by atoms with Crippen molar-refractivity contribution in [2.45, 2.75) is 52.1 Å². The summed E-state index contributed by atoms with van der Waals surface area (Å²) in [6, 6.07) is 7.43. The minimum atomic E-state index is 0.200. The van der Waals surface area contributed by atoms with Gasteiger partial charge in [-0.1, -0.05) is 22.9 Å². The van der Waals surface area contributed by atoms with E-state index in [1.54, 1.807) is 0 Å². The average molecular weight is 325 g/mol. The number of rotatable bonds is 3. The second kappa shape index (κ2) is 6.27. The number of hydrogen-bond acceptors (Lipinski definition) is 2. The summed E-state index contributed by atoms with van der Waals surface area (Å²) in [7, 11) is 0. The van der Waals surface area contributed by atoms with Crippen LogP contribution in [0.2, 0.25) is 0 Å². The van der Waals surface area contributed by atoms with Gasteiger partial charge in [0.15, 0.2) is 0 Å². The van der Waals surface area contributed by atoms with Crippen molar-refractivity contribution < 1.29 is 0 Å². The zero-order valence-corrected chi connectivity index (χ0v) is 13.8. The number of benzene rings is 1. The Morgan fingerprint density at radius 2 is 2.16 bits per heavy atom. The molecule has 3 heteroatoms. The molecule has 0 saturated carbocycles. The van der Waals surface area contributed by atoms with E-state index in [0.29, 0.717) is 6.04 Å². The van der Waals surface area contributed by atoms with Gasteiger partial charge in [0, 0.05) is 28.8 Å². The van der Waals surface area contributed by atoms with Gasteiger partial charge in [-0.2, -0.15) is 0 Å². The molecule has 3 unspecified atom stereocenters. The molecule has 19 heavy (non-hydrogen) atoms. The Balaban J connectivity index is 2.32. The van der Waals surface area contributed by atoms with Gasteiger partial charge in [-0.3, -0.25) is 0 Å². The lowest BCUT2D eigenvalue weighted by atomic mass is 9.90. The van der Waals surface area contributed by atoms with Gasteiger partial charge in [-0.25, -0.2) is 0 Å². The molecule has 106 valence electrons. The van der Waals surface area contributed by atoms with Crippen molar-refractivity contribution in [1.29, 1.82) is 0 Å². The van der Waals surface area contributed by atoms with Gasteiger partial charge in [-0.15, -0.1) is 0 Å². The minimum Gasteiger partial charge on any atom is -0.368 e. The Morgan fingerprint density at radius 3 is 2.84 bits per heavy atom. The second-order valence-electron chi connectivity index (χ2n) is 6.01. The van der Waals surface area contributed by atoms with Crippen LogP contribution in [0.3, 0.4) is 0 Å². The molecule has 0 bridgehead atoms.